The Labute approximate surface area is 73.8 Å². The molecule has 2 fully saturated rings. The standard InChI is InChI=1S/C10H16O/c11-9-3-7-10(8-4-9)5-1-2-6-10/h1-8H2/i3D2,4D2. The van der Waals surface area contributed by atoms with Gasteiger partial charge < -0.3 is 0 Å². The highest BCUT2D eigenvalue weighted by Crippen LogP contribution is 2.47. The van der Waals surface area contributed by atoms with Gasteiger partial charge >= 0.3 is 0 Å². The summed E-state index contributed by atoms with van der Waals surface area (Å²) in [5, 5.41) is 0. The van der Waals surface area contributed by atoms with Crippen LogP contribution in [0.15, 0.2) is 0 Å². The fourth-order valence-electron chi connectivity index (χ4n) is 2.14. The van der Waals surface area contributed by atoms with Crippen molar-refractivity contribution in [1.29, 1.82) is 0 Å². The van der Waals surface area contributed by atoms with Crippen molar-refractivity contribution < 1.29 is 10.3 Å². The third-order valence-electron chi connectivity index (χ3n) is 2.91. The summed E-state index contributed by atoms with van der Waals surface area (Å²) in [7, 11) is 0. The first kappa shape index (κ1) is 4.06. The molecule has 0 bridgehead atoms. The molecule has 0 unspecified atom stereocenters. The molecule has 2 aliphatic carbocycles. The average Bonchev–Trinajstić information content (AvgIpc) is 2.47. The second-order valence-corrected chi connectivity index (χ2v) is 3.74. The molecule has 1 spiro atoms. The Morgan fingerprint density at radius 3 is 2.18 bits per heavy atom. The molecule has 1 heteroatoms. The lowest BCUT2D eigenvalue weighted by Gasteiger charge is -2.32. The van der Waals surface area contributed by atoms with E-state index in [1.165, 1.54) is 0 Å². The van der Waals surface area contributed by atoms with Crippen molar-refractivity contribution >= 4 is 5.78 Å². The molecule has 0 heterocycles. The van der Waals surface area contributed by atoms with Gasteiger partial charge in [0, 0.05) is 18.2 Å². The molecule has 0 radical (unpaired) electrons. The summed E-state index contributed by atoms with van der Waals surface area (Å²) in [6.45, 7) is 0. The molecule has 0 aliphatic heterocycles. The number of Topliss-reactive ketones (excluding diaryl/α,β-unsaturated/α-hetero) is 1. The van der Waals surface area contributed by atoms with Crippen LogP contribution in [-0.4, -0.2) is 5.78 Å². The van der Waals surface area contributed by atoms with Crippen molar-refractivity contribution in [3.8, 4) is 0 Å². The van der Waals surface area contributed by atoms with Gasteiger partial charge in [0.05, 0.1) is 0 Å². The van der Waals surface area contributed by atoms with E-state index >= 15 is 0 Å². The third kappa shape index (κ3) is 1.33. The van der Waals surface area contributed by atoms with Gasteiger partial charge in [-0.05, 0) is 31.1 Å². The maximum absolute atomic E-state index is 11.6. The van der Waals surface area contributed by atoms with Gasteiger partial charge in [-0.15, -0.1) is 0 Å². The van der Waals surface area contributed by atoms with Gasteiger partial charge in [-0.25, -0.2) is 0 Å². The van der Waals surface area contributed by atoms with Crippen LogP contribution in [-0.2, 0) is 4.79 Å². The Hall–Kier alpha value is -0.330. The first-order valence-electron chi connectivity index (χ1n) is 6.33. The van der Waals surface area contributed by atoms with Gasteiger partial charge in [-0.1, -0.05) is 12.8 Å². The van der Waals surface area contributed by atoms with Crippen LogP contribution in [0.5, 0.6) is 0 Å². The van der Waals surface area contributed by atoms with Crippen LogP contribution in [0, 0.1) is 5.41 Å². The molecule has 1 nitrogen and oxygen atoms in total. The molecule has 2 saturated carbocycles. The molecule has 0 aromatic carbocycles. The molecular formula is C10H16O. The van der Waals surface area contributed by atoms with Crippen LogP contribution in [0.1, 0.15) is 56.8 Å². The minimum absolute atomic E-state index is 0.221. The first-order chi connectivity index (χ1) is 6.78. The lowest BCUT2D eigenvalue weighted by atomic mass is 9.72. The van der Waals surface area contributed by atoms with Crippen molar-refractivity contribution in [2.75, 3.05) is 0 Å². The molecule has 62 valence electrons. The highest BCUT2D eigenvalue weighted by Gasteiger charge is 2.36. The Morgan fingerprint density at radius 1 is 1.09 bits per heavy atom. The van der Waals surface area contributed by atoms with E-state index in [0.717, 1.165) is 25.7 Å². The summed E-state index contributed by atoms with van der Waals surface area (Å²) >= 11 is 0. The Kier molecular flexibility index (Phi) is 0.966. The summed E-state index contributed by atoms with van der Waals surface area (Å²) in [4.78, 5) is 11.6. The van der Waals surface area contributed by atoms with E-state index in [0.29, 0.717) is 0 Å². The molecule has 0 amide bonds. The van der Waals surface area contributed by atoms with Crippen LogP contribution in [0.25, 0.3) is 0 Å². The van der Waals surface area contributed by atoms with Crippen molar-refractivity contribution in [3.63, 3.8) is 0 Å². The molecule has 2 aliphatic rings. The van der Waals surface area contributed by atoms with Crippen LogP contribution >= 0.6 is 0 Å². The minimum atomic E-state index is -1.97. The fourth-order valence-corrected chi connectivity index (χ4v) is 2.14. The number of rotatable bonds is 0. The zero-order valence-corrected chi connectivity index (χ0v) is 6.65. The zero-order valence-electron chi connectivity index (χ0n) is 10.7. The van der Waals surface area contributed by atoms with Crippen molar-refractivity contribution in [2.24, 2.45) is 5.41 Å². The molecule has 0 atom stereocenters. The smallest absolute Gasteiger partial charge is 0.132 e. The quantitative estimate of drug-likeness (QED) is 0.527. The SMILES string of the molecule is [2H]C1([2H])CC2(CCCC2)CC([2H])([2H])C1=O. The van der Waals surface area contributed by atoms with Crippen LogP contribution < -0.4 is 0 Å². The van der Waals surface area contributed by atoms with Gasteiger partial charge in [-0.2, -0.15) is 0 Å². The summed E-state index contributed by atoms with van der Waals surface area (Å²) in [6.07, 6.45) is 0.341. The van der Waals surface area contributed by atoms with E-state index in [9.17, 15) is 4.79 Å². The van der Waals surface area contributed by atoms with Crippen molar-refractivity contribution in [1.82, 2.24) is 0 Å². The molecule has 0 aromatic heterocycles. The summed E-state index contributed by atoms with van der Waals surface area (Å²) in [5.74, 6) is -0.854. The zero-order chi connectivity index (χ0) is 11.3. The first-order valence-corrected chi connectivity index (χ1v) is 4.33. The largest absolute Gasteiger partial charge is 0.300 e. The normalized spacial score (nSPS) is 44.2. The molecular weight excluding hydrogens is 136 g/mol. The fraction of sp³-hybridized carbons (Fsp3) is 0.900. The van der Waals surface area contributed by atoms with E-state index in [-0.39, 0.29) is 18.3 Å². The Morgan fingerprint density at radius 2 is 1.64 bits per heavy atom. The molecule has 0 saturated heterocycles. The average molecular weight is 156 g/mol. The van der Waals surface area contributed by atoms with Crippen LogP contribution in [0.2, 0.25) is 0 Å². The lowest BCUT2D eigenvalue weighted by molar-refractivity contribution is -0.122. The van der Waals surface area contributed by atoms with Gasteiger partial charge in [-0.3, -0.25) is 4.79 Å². The Balaban J connectivity index is 2.31. The molecule has 2 rings (SSSR count). The monoisotopic (exact) mass is 156 g/mol. The maximum atomic E-state index is 11.6. The highest BCUT2D eigenvalue weighted by molar-refractivity contribution is 5.79. The Bertz CT molecular complexity index is 270. The van der Waals surface area contributed by atoms with E-state index in [2.05, 4.69) is 0 Å². The predicted molar refractivity (Wildman–Crippen MR) is 44.4 cm³/mol. The number of carbonyl (C=O) groups is 1. The van der Waals surface area contributed by atoms with E-state index in [1.807, 2.05) is 0 Å². The summed E-state index contributed by atoms with van der Waals surface area (Å²) in [6, 6.07) is 0. The third-order valence-corrected chi connectivity index (χ3v) is 2.91. The lowest BCUT2D eigenvalue weighted by Crippen LogP contribution is -2.24. The van der Waals surface area contributed by atoms with E-state index < -0.39 is 18.5 Å². The van der Waals surface area contributed by atoms with E-state index in [4.69, 9.17) is 5.48 Å². The minimum Gasteiger partial charge on any atom is -0.300 e. The van der Waals surface area contributed by atoms with Crippen LogP contribution in [0.3, 0.4) is 0 Å². The molecule has 0 aromatic rings. The van der Waals surface area contributed by atoms with Gasteiger partial charge in [0.1, 0.15) is 5.78 Å². The van der Waals surface area contributed by atoms with E-state index in [1.54, 1.807) is 0 Å². The van der Waals surface area contributed by atoms with Crippen molar-refractivity contribution in [3.05, 3.63) is 0 Å². The number of hydrogen-bond acceptors (Lipinski definition) is 1. The number of hydrogen-bond donors (Lipinski definition) is 0. The van der Waals surface area contributed by atoms with Gasteiger partial charge in [0.2, 0.25) is 0 Å². The highest BCUT2D eigenvalue weighted by atomic mass is 16.1. The number of carbonyl (C=O) groups excluding carboxylic acids is 1. The predicted octanol–water partition coefficient (Wildman–Crippen LogP) is 2.69. The van der Waals surface area contributed by atoms with Crippen LogP contribution in [0.4, 0.5) is 0 Å². The number of ketones is 1. The second-order valence-electron chi connectivity index (χ2n) is 3.74. The maximum Gasteiger partial charge on any atom is 0.132 e. The second kappa shape index (κ2) is 2.62. The summed E-state index contributed by atoms with van der Waals surface area (Å²) in [5.41, 5.74) is -0.249. The molecule has 0 N–H and O–H groups in total. The molecule has 11 heavy (non-hydrogen) atoms. The summed E-state index contributed by atoms with van der Waals surface area (Å²) < 4.78 is 30.6. The van der Waals surface area contributed by atoms with Crippen molar-refractivity contribution in [2.45, 2.75) is 51.3 Å². The van der Waals surface area contributed by atoms with Gasteiger partial charge in [0.25, 0.3) is 0 Å². The topological polar surface area (TPSA) is 17.1 Å². The van der Waals surface area contributed by atoms with Gasteiger partial charge in [0.15, 0.2) is 0 Å².